The molecule has 5 nitrogen and oxygen atoms in total. The Bertz CT molecular complexity index is 1090. The third-order valence-corrected chi connectivity index (χ3v) is 7.87. The smallest absolute Gasteiger partial charge is 0.228 e. The van der Waals surface area contributed by atoms with Gasteiger partial charge in [-0.25, -0.2) is 9.37 Å². The Morgan fingerprint density at radius 2 is 2.00 bits per heavy atom. The number of benzene rings is 2. The Hall–Kier alpha value is -1.42. The van der Waals surface area contributed by atoms with Crippen molar-refractivity contribution in [3.63, 3.8) is 0 Å². The van der Waals surface area contributed by atoms with E-state index in [2.05, 4.69) is 4.90 Å². The molecule has 0 N–H and O–H groups in total. The van der Waals surface area contributed by atoms with Gasteiger partial charge < -0.3 is 4.74 Å². The van der Waals surface area contributed by atoms with E-state index in [1.54, 1.807) is 23.9 Å². The monoisotopic (exact) mass is 543 g/mol. The lowest BCUT2D eigenvalue weighted by Crippen LogP contribution is -2.43. The fraction of sp³-hybridized carbons (Fsp3) is 0.417. The first-order chi connectivity index (χ1) is 16.0. The van der Waals surface area contributed by atoms with E-state index >= 15 is 0 Å². The highest BCUT2D eigenvalue weighted by Gasteiger charge is 2.22. The maximum Gasteiger partial charge on any atom is 0.228 e. The number of fused-ring (bicyclic) bond motifs is 1. The Balaban J connectivity index is 0.00000324. The van der Waals surface area contributed by atoms with Crippen LogP contribution in [0.1, 0.15) is 18.4 Å². The number of aromatic nitrogens is 1. The number of nitrogens with zero attached hydrogens (tertiary/aromatic N) is 3. The van der Waals surface area contributed by atoms with Crippen LogP contribution in [0, 0.1) is 12.7 Å². The van der Waals surface area contributed by atoms with Crippen molar-refractivity contribution in [2.75, 3.05) is 50.0 Å². The molecule has 184 valence electrons. The van der Waals surface area contributed by atoms with E-state index in [0.717, 1.165) is 70.8 Å². The Morgan fingerprint density at radius 1 is 1.26 bits per heavy atom. The average Bonchev–Trinajstić information content (AvgIpc) is 3.23. The van der Waals surface area contributed by atoms with Gasteiger partial charge in [0.25, 0.3) is 0 Å². The number of aryl methyl sites for hydroxylation is 1. The van der Waals surface area contributed by atoms with E-state index in [0.29, 0.717) is 18.0 Å². The quantitative estimate of drug-likeness (QED) is 0.242. The second kappa shape index (κ2) is 13.0. The Kier molecular flexibility index (Phi) is 10.4. The van der Waals surface area contributed by atoms with Crippen LogP contribution in [-0.2, 0) is 9.53 Å². The first-order valence-electron chi connectivity index (χ1n) is 11.0. The summed E-state index contributed by atoms with van der Waals surface area (Å²) >= 11 is 9.38. The molecule has 2 aromatic carbocycles. The normalized spacial score (nSPS) is 14.2. The fourth-order valence-corrected chi connectivity index (χ4v) is 6.05. The molecule has 0 bridgehead atoms. The molecule has 10 heteroatoms. The van der Waals surface area contributed by atoms with Crippen molar-refractivity contribution in [3.05, 3.63) is 52.8 Å². The van der Waals surface area contributed by atoms with Gasteiger partial charge in [0.15, 0.2) is 5.13 Å². The number of amides is 1. The number of halogens is 3. The number of anilines is 1. The largest absolute Gasteiger partial charge is 0.379 e. The summed E-state index contributed by atoms with van der Waals surface area (Å²) < 4.78 is 19.5. The van der Waals surface area contributed by atoms with Crippen LogP contribution >= 0.6 is 47.1 Å². The number of carbonyl (C=O) groups is 1. The van der Waals surface area contributed by atoms with Crippen molar-refractivity contribution in [1.82, 2.24) is 9.88 Å². The summed E-state index contributed by atoms with van der Waals surface area (Å²) in [6.45, 7) is 6.59. The third-order valence-electron chi connectivity index (χ3n) is 5.53. The number of rotatable bonds is 9. The van der Waals surface area contributed by atoms with Crippen molar-refractivity contribution in [3.8, 4) is 0 Å². The number of morpholine rings is 1. The minimum atomic E-state index is -0.238. The van der Waals surface area contributed by atoms with E-state index in [1.807, 2.05) is 24.0 Å². The first kappa shape index (κ1) is 27.2. The maximum absolute atomic E-state index is 13.3. The molecular formula is C24H28Cl2FN3O2S2. The number of thioether (sulfide) groups is 1. The highest BCUT2D eigenvalue weighted by atomic mass is 35.5. The van der Waals surface area contributed by atoms with E-state index in [-0.39, 0.29) is 24.1 Å². The van der Waals surface area contributed by atoms with Crippen LogP contribution in [-0.4, -0.2) is 60.9 Å². The maximum atomic E-state index is 13.3. The zero-order valence-corrected chi connectivity index (χ0v) is 22.2. The molecule has 1 aliphatic rings. The van der Waals surface area contributed by atoms with Gasteiger partial charge in [-0.05, 0) is 61.1 Å². The zero-order chi connectivity index (χ0) is 23.2. The molecule has 34 heavy (non-hydrogen) atoms. The molecule has 0 saturated carbocycles. The SMILES string of the molecule is Cc1cc(Cl)cc2sc(N(CCN3CCOCC3)C(=O)CCCSc3ccc(F)cc3)nc12.Cl. The molecule has 1 aliphatic heterocycles. The molecule has 0 spiro atoms. The number of hydrogen-bond acceptors (Lipinski definition) is 6. The highest BCUT2D eigenvalue weighted by molar-refractivity contribution is 7.99. The summed E-state index contributed by atoms with van der Waals surface area (Å²) in [6, 6.07) is 10.3. The van der Waals surface area contributed by atoms with Gasteiger partial charge in [0, 0.05) is 42.5 Å². The van der Waals surface area contributed by atoms with Crippen LogP contribution in [0.2, 0.25) is 5.02 Å². The van der Waals surface area contributed by atoms with Crippen molar-refractivity contribution in [2.45, 2.75) is 24.7 Å². The van der Waals surface area contributed by atoms with Gasteiger partial charge >= 0.3 is 0 Å². The standard InChI is InChI=1S/C24H27ClFN3O2S2.ClH/c1-17-15-18(25)16-21-23(17)27-24(33-21)29(9-8-28-10-12-31-13-11-28)22(30)3-2-14-32-20-6-4-19(26)5-7-20;/h4-7,15-16H,2-3,8-14H2,1H3;1H. The van der Waals surface area contributed by atoms with E-state index in [9.17, 15) is 9.18 Å². The van der Waals surface area contributed by atoms with Gasteiger partial charge in [0.1, 0.15) is 5.82 Å². The highest BCUT2D eigenvalue weighted by Crippen LogP contribution is 2.33. The van der Waals surface area contributed by atoms with E-state index in [1.165, 1.54) is 23.5 Å². The fourth-order valence-electron chi connectivity index (χ4n) is 3.73. The van der Waals surface area contributed by atoms with Crippen molar-refractivity contribution >= 4 is 68.4 Å². The van der Waals surface area contributed by atoms with Crippen molar-refractivity contribution < 1.29 is 13.9 Å². The van der Waals surface area contributed by atoms with Gasteiger partial charge in [0.05, 0.1) is 23.4 Å². The third kappa shape index (κ3) is 7.29. The lowest BCUT2D eigenvalue weighted by molar-refractivity contribution is -0.118. The molecule has 1 amide bonds. The van der Waals surface area contributed by atoms with Gasteiger partial charge in [-0.15, -0.1) is 24.2 Å². The Labute approximate surface area is 219 Å². The van der Waals surface area contributed by atoms with Crippen LogP contribution in [0.15, 0.2) is 41.3 Å². The minimum Gasteiger partial charge on any atom is -0.379 e. The van der Waals surface area contributed by atoms with Crippen LogP contribution in [0.4, 0.5) is 9.52 Å². The van der Waals surface area contributed by atoms with Crippen LogP contribution in [0.3, 0.4) is 0 Å². The van der Waals surface area contributed by atoms with Gasteiger partial charge in [0.2, 0.25) is 5.91 Å². The predicted octanol–water partition coefficient (Wildman–Crippen LogP) is 6.06. The second-order valence-electron chi connectivity index (χ2n) is 7.97. The molecule has 3 aromatic rings. The predicted molar refractivity (Wildman–Crippen MR) is 143 cm³/mol. The second-order valence-corrected chi connectivity index (χ2v) is 10.6. The number of thiazole rings is 1. The molecule has 1 aromatic heterocycles. The van der Waals surface area contributed by atoms with Crippen molar-refractivity contribution in [1.29, 1.82) is 0 Å². The van der Waals surface area contributed by atoms with Gasteiger partial charge in [-0.2, -0.15) is 0 Å². The summed E-state index contributed by atoms with van der Waals surface area (Å²) in [4.78, 5) is 23.2. The number of hydrogen-bond donors (Lipinski definition) is 0. The number of carbonyl (C=O) groups excluding carboxylic acids is 1. The minimum absolute atomic E-state index is 0. The summed E-state index contributed by atoms with van der Waals surface area (Å²) in [5.74, 6) is 0.632. The molecule has 2 heterocycles. The molecule has 0 atom stereocenters. The molecule has 0 aliphatic carbocycles. The lowest BCUT2D eigenvalue weighted by atomic mass is 10.2. The van der Waals surface area contributed by atoms with Crippen LogP contribution < -0.4 is 4.90 Å². The van der Waals surface area contributed by atoms with Crippen molar-refractivity contribution in [2.24, 2.45) is 0 Å². The Morgan fingerprint density at radius 3 is 2.74 bits per heavy atom. The van der Waals surface area contributed by atoms with Crippen LogP contribution in [0.5, 0.6) is 0 Å². The molecule has 4 rings (SSSR count). The number of ether oxygens (including phenoxy) is 1. The lowest BCUT2D eigenvalue weighted by Gasteiger charge is -2.29. The first-order valence-corrected chi connectivity index (χ1v) is 13.2. The van der Waals surface area contributed by atoms with Crippen LogP contribution in [0.25, 0.3) is 10.2 Å². The molecule has 1 saturated heterocycles. The summed E-state index contributed by atoms with van der Waals surface area (Å²) in [5, 5.41) is 1.40. The van der Waals surface area contributed by atoms with Gasteiger partial charge in [-0.1, -0.05) is 22.9 Å². The average molecular weight is 545 g/mol. The molecular weight excluding hydrogens is 516 g/mol. The van der Waals surface area contributed by atoms with Gasteiger partial charge in [-0.3, -0.25) is 14.6 Å². The summed E-state index contributed by atoms with van der Waals surface area (Å²) in [6.07, 6.45) is 1.18. The van der Waals surface area contributed by atoms with E-state index < -0.39 is 0 Å². The summed E-state index contributed by atoms with van der Waals surface area (Å²) in [7, 11) is 0. The molecule has 1 fully saturated rings. The topological polar surface area (TPSA) is 45.7 Å². The summed E-state index contributed by atoms with van der Waals surface area (Å²) in [5.41, 5.74) is 1.91. The zero-order valence-electron chi connectivity index (χ0n) is 19.0. The molecule has 0 unspecified atom stereocenters. The molecule has 0 radical (unpaired) electrons. The van der Waals surface area contributed by atoms with E-state index in [4.69, 9.17) is 21.3 Å².